The van der Waals surface area contributed by atoms with Crippen molar-refractivity contribution < 1.29 is 9.59 Å². The van der Waals surface area contributed by atoms with Crippen LogP contribution in [0.2, 0.25) is 0 Å². The predicted molar refractivity (Wildman–Crippen MR) is 70.3 cm³/mol. The van der Waals surface area contributed by atoms with Crippen LogP contribution in [0.15, 0.2) is 12.1 Å². The van der Waals surface area contributed by atoms with Gasteiger partial charge in [-0.1, -0.05) is 0 Å². The number of nitrogens with two attached hydrogens (primary N) is 1. The second-order valence-electron chi connectivity index (χ2n) is 4.55. The van der Waals surface area contributed by atoms with Crippen LogP contribution >= 0.6 is 0 Å². The van der Waals surface area contributed by atoms with Crippen LogP contribution in [0.3, 0.4) is 0 Å². The number of hydrogen-bond donors (Lipinski definition) is 4. The summed E-state index contributed by atoms with van der Waals surface area (Å²) < 4.78 is 0. The highest BCUT2D eigenvalue weighted by molar-refractivity contribution is 5.97. The van der Waals surface area contributed by atoms with Crippen molar-refractivity contribution in [3.63, 3.8) is 0 Å². The maximum atomic E-state index is 11.9. The number of hydrazine groups is 1. The normalized spacial score (nSPS) is 13.8. The smallest absolute Gasteiger partial charge is 0.251 e. The third-order valence-corrected chi connectivity index (χ3v) is 2.72. The highest BCUT2D eigenvalue weighted by Gasteiger charge is 2.23. The van der Waals surface area contributed by atoms with Crippen LogP contribution in [0.4, 0.5) is 5.82 Å². The summed E-state index contributed by atoms with van der Waals surface area (Å²) in [5.41, 5.74) is 3.48. The SMILES string of the molecule is Cc1cc(C(=O)NCC(=O)NC2CC2)cc(NN)n1. The maximum Gasteiger partial charge on any atom is 0.251 e. The number of carbonyl (C=O) groups is 2. The second kappa shape index (κ2) is 5.66. The molecule has 1 aromatic heterocycles. The Bertz CT molecular complexity index is 499. The van der Waals surface area contributed by atoms with E-state index in [0.29, 0.717) is 23.1 Å². The molecule has 1 heterocycles. The Hall–Kier alpha value is -2.15. The minimum Gasteiger partial charge on any atom is -0.352 e. The van der Waals surface area contributed by atoms with Crippen molar-refractivity contribution in [3.8, 4) is 0 Å². The number of nitrogens with one attached hydrogen (secondary N) is 3. The van der Waals surface area contributed by atoms with Gasteiger partial charge in [-0.15, -0.1) is 0 Å². The summed E-state index contributed by atoms with van der Waals surface area (Å²) in [6.07, 6.45) is 2.05. The monoisotopic (exact) mass is 263 g/mol. The first kappa shape index (κ1) is 13.3. The minimum absolute atomic E-state index is 0.0257. The summed E-state index contributed by atoms with van der Waals surface area (Å²) in [7, 11) is 0. The van der Waals surface area contributed by atoms with Crippen LogP contribution in [-0.4, -0.2) is 29.4 Å². The fraction of sp³-hybridized carbons (Fsp3) is 0.417. The van der Waals surface area contributed by atoms with Crippen molar-refractivity contribution in [2.75, 3.05) is 12.0 Å². The van der Waals surface area contributed by atoms with Crippen molar-refractivity contribution in [3.05, 3.63) is 23.4 Å². The highest BCUT2D eigenvalue weighted by Crippen LogP contribution is 2.18. The van der Waals surface area contributed by atoms with Gasteiger partial charge in [0.15, 0.2) is 0 Å². The summed E-state index contributed by atoms with van der Waals surface area (Å²) in [6.45, 7) is 1.74. The standard InChI is InChI=1S/C12H17N5O2/c1-7-4-8(5-10(15-7)17-13)12(19)14-6-11(18)16-9-2-3-9/h4-5,9H,2-3,6,13H2,1H3,(H,14,19)(H,15,17)(H,16,18). The lowest BCUT2D eigenvalue weighted by atomic mass is 10.2. The van der Waals surface area contributed by atoms with Crippen molar-refractivity contribution in [2.24, 2.45) is 5.84 Å². The first-order valence-corrected chi connectivity index (χ1v) is 6.11. The molecule has 1 aliphatic rings. The molecule has 7 nitrogen and oxygen atoms in total. The van der Waals surface area contributed by atoms with E-state index in [2.05, 4.69) is 21.0 Å². The zero-order chi connectivity index (χ0) is 13.8. The van der Waals surface area contributed by atoms with Crippen molar-refractivity contribution >= 4 is 17.6 Å². The molecule has 7 heteroatoms. The van der Waals surface area contributed by atoms with Gasteiger partial charge in [-0.3, -0.25) is 9.59 Å². The molecule has 1 saturated carbocycles. The van der Waals surface area contributed by atoms with Gasteiger partial charge in [0.25, 0.3) is 5.91 Å². The van der Waals surface area contributed by atoms with Gasteiger partial charge in [-0.2, -0.15) is 0 Å². The Morgan fingerprint density at radius 1 is 1.42 bits per heavy atom. The van der Waals surface area contributed by atoms with Gasteiger partial charge in [0.05, 0.1) is 6.54 Å². The van der Waals surface area contributed by atoms with E-state index in [4.69, 9.17) is 5.84 Å². The van der Waals surface area contributed by atoms with Crippen LogP contribution in [-0.2, 0) is 4.79 Å². The van der Waals surface area contributed by atoms with Gasteiger partial charge in [-0.25, -0.2) is 10.8 Å². The van der Waals surface area contributed by atoms with Gasteiger partial charge in [0.2, 0.25) is 5.91 Å². The molecular weight excluding hydrogens is 246 g/mol. The molecule has 0 unspecified atom stereocenters. The molecule has 0 saturated heterocycles. The average molecular weight is 263 g/mol. The molecule has 19 heavy (non-hydrogen) atoms. The van der Waals surface area contributed by atoms with E-state index in [1.165, 1.54) is 6.07 Å². The van der Waals surface area contributed by atoms with Crippen LogP contribution in [0.5, 0.6) is 0 Å². The number of anilines is 1. The molecule has 5 N–H and O–H groups in total. The van der Waals surface area contributed by atoms with Gasteiger partial charge in [0, 0.05) is 17.3 Å². The number of nitrogen functional groups attached to an aromatic ring is 1. The fourth-order valence-electron chi connectivity index (χ4n) is 1.64. The number of pyridine rings is 1. The van der Waals surface area contributed by atoms with Gasteiger partial charge < -0.3 is 16.1 Å². The van der Waals surface area contributed by atoms with E-state index >= 15 is 0 Å². The van der Waals surface area contributed by atoms with Crippen LogP contribution in [0.25, 0.3) is 0 Å². The molecule has 1 aliphatic carbocycles. The molecule has 1 aromatic rings. The van der Waals surface area contributed by atoms with E-state index in [1.807, 2.05) is 0 Å². The minimum atomic E-state index is -0.326. The molecule has 0 spiro atoms. The number of hydrogen-bond acceptors (Lipinski definition) is 5. The number of carbonyl (C=O) groups excluding carboxylic acids is 2. The lowest BCUT2D eigenvalue weighted by molar-refractivity contribution is -0.120. The number of aryl methyl sites for hydroxylation is 1. The number of amides is 2. The maximum absolute atomic E-state index is 11.9. The molecule has 102 valence electrons. The molecule has 1 fully saturated rings. The van der Waals surface area contributed by atoms with E-state index in [0.717, 1.165) is 12.8 Å². The molecule has 2 rings (SSSR count). The summed E-state index contributed by atoms with van der Waals surface area (Å²) in [6, 6.07) is 3.46. The largest absolute Gasteiger partial charge is 0.352 e. The van der Waals surface area contributed by atoms with Crippen molar-refractivity contribution in [1.82, 2.24) is 15.6 Å². The fourth-order valence-corrected chi connectivity index (χ4v) is 1.64. The first-order valence-electron chi connectivity index (χ1n) is 6.11. The van der Waals surface area contributed by atoms with E-state index in [1.54, 1.807) is 13.0 Å². The molecular formula is C12H17N5O2. The molecule has 2 amide bonds. The summed E-state index contributed by atoms with van der Waals surface area (Å²) in [4.78, 5) is 27.4. The summed E-state index contributed by atoms with van der Waals surface area (Å²) in [5.74, 6) is 5.18. The Balaban J connectivity index is 1.91. The predicted octanol–water partition coefficient (Wildman–Crippen LogP) is -0.316. The Kier molecular flexibility index (Phi) is 3.96. The first-order chi connectivity index (χ1) is 9.08. The summed E-state index contributed by atoms with van der Waals surface area (Å²) in [5, 5.41) is 5.36. The Labute approximate surface area is 110 Å². The Morgan fingerprint density at radius 2 is 2.16 bits per heavy atom. The second-order valence-corrected chi connectivity index (χ2v) is 4.55. The number of rotatable bonds is 5. The quantitative estimate of drug-likeness (QED) is 0.430. The van der Waals surface area contributed by atoms with Gasteiger partial charge >= 0.3 is 0 Å². The zero-order valence-electron chi connectivity index (χ0n) is 10.7. The molecule has 0 bridgehead atoms. The zero-order valence-corrected chi connectivity index (χ0v) is 10.7. The van der Waals surface area contributed by atoms with Crippen LogP contribution in [0, 0.1) is 6.92 Å². The van der Waals surface area contributed by atoms with Crippen molar-refractivity contribution in [1.29, 1.82) is 0 Å². The van der Waals surface area contributed by atoms with E-state index in [-0.39, 0.29) is 18.4 Å². The van der Waals surface area contributed by atoms with E-state index < -0.39 is 0 Å². The highest BCUT2D eigenvalue weighted by atomic mass is 16.2. The molecule has 0 atom stereocenters. The van der Waals surface area contributed by atoms with E-state index in [9.17, 15) is 9.59 Å². The lowest BCUT2D eigenvalue weighted by Gasteiger charge is -2.08. The number of nitrogens with zero attached hydrogens (tertiary/aromatic N) is 1. The van der Waals surface area contributed by atoms with Gasteiger partial charge in [-0.05, 0) is 31.9 Å². The van der Waals surface area contributed by atoms with Crippen molar-refractivity contribution in [2.45, 2.75) is 25.8 Å². The van der Waals surface area contributed by atoms with Crippen LogP contribution < -0.4 is 21.9 Å². The average Bonchev–Trinajstić information content (AvgIpc) is 3.19. The van der Waals surface area contributed by atoms with Gasteiger partial charge in [0.1, 0.15) is 5.82 Å². The Morgan fingerprint density at radius 3 is 2.79 bits per heavy atom. The van der Waals surface area contributed by atoms with Crippen LogP contribution in [0.1, 0.15) is 28.9 Å². The topological polar surface area (TPSA) is 109 Å². The lowest BCUT2D eigenvalue weighted by Crippen LogP contribution is -2.37. The summed E-state index contributed by atoms with van der Waals surface area (Å²) >= 11 is 0. The molecule has 0 aromatic carbocycles. The molecule has 0 aliphatic heterocycles. The molecule has 0 radical (unpaired) electrons. The third kappa shape index (κ3) is 3.92. The number of aromatic nitrogens is 1. The third-order valence-electron chi connectivity index (χ3n) is 2.72.